The summed E-state index contributed by atoms with van der Waals surface area (Å²) in [4.78, 5) is 14.6. The zero-order valence-electron chi connectivity index (χ0n) is 8.62. The average molecular weight is 226 g/mol. The number of H-pyrrole nitrogens is 1. The van der Waals surface area contributed by atoms with E-state index in [0.717, 1.165) is 12.2 Å². The van der Waals surface area contributed by atoms with Gasteiger partial charge in [-0.3, -0.25) is 4.79 Å². The van der Waals surface area contributed by atoms with Crippen LogP contribution in [0, 0.1) is 5.92 Å². The first-order valence-electron chi connectivity index (χ1n) is 4.82. The maximum Gasteiger partial charge on any atom is 0.211 e. The van der Waals surface area contributed by atoms with Crippen LogP contribution in [-0.2, 0) is 6.54 Å². The molecule has 2 aromatic heterocycles. The van der Waals surface area contributed by atoms with Gasteiger partial charge >= 0.3 is 0 Å². The van der Waals surface area contributed by atoms with E-state index in [2.05, 4.69) is 23.9 Å². The minimum Gasteiger partial charge on any atom is -0.345 e. The Morgan fingerprint density at radius 3 is 3.00 bits per heavy atom. The summed E-state index contributed by atoms with van der Waals surface area (Å²) in [5, 5.41) is 4.91. The largest absolute Gasteiger partial charge is 0.345 e. The molecule has 0 fully saturated rings. The molecule has 0 aliphatic carbocycles. The Bertz CT molecular complexity index is 541. The lowest BCUT2D eigenvalue weighted by Crippen LogP contribution is -2.08. The number of halogens is 1. The summed E-state index contributed by atoms with van der Waals surface area (Å²) in [5.74, 6) is 0.479. The molecule has 0 aliphatic heterocycles. The van der Waals surface area contributed by atoms with Crippen molar-refractivity contribution in [1.29, 1.82) is 0 Å². The summed E-state index contributed by atoms with van der Waals surface area (Å²) in [6.07, 6.45) is 3.06. The second-order valence-corrected chi connectivity index (χ2v) is 4.36. The quantitative estimate of drug-likeness (QED) is 0.850. The standard InChI is InChI=1S/C10H12ClN3O/c1-6(2)5-14-10-7(3-13-14)9(15)8(11)4-12-10/h3-4,6H,5H2,1-2H3,(H,12,15). The van der Waals surface area contributed by atoms with Crippen molar-refractivity contribution in [3.63, 3.8) is 0 Å². The molecule has 0 amide bonds. The monoisotopic (exact) mass is 225 g/mol. The van der Waals surface area contributed by atoms with E-state index in [1.54, 1.807) is 10.9 Å². The smallest absolute Gasteiger partial charge is 0.211 e. The van der Waals surface area contributed by atoms with Gasteiger partial charge in [-0.05, 0) is 5.92 Å². The van der Waals surface area contributed by atoms with Crippen molar-refractivity contribution in [1.82, 2.24) is 14.8 Å². The van der Waals surface area contributed by atoms with Gasteiger partial charge in [0.05, 0.1) is 11.6 Å². The SMILES string of the molecule is CC(C)Cn1ncc2c(=O)c(Cl)c[nH]c21. The first-order chi connectivity index (χ1) is 7.09. The molecule has 0 saturated carbocycles. The first kappa shape index (κ1) is 10.2. The lowest BCUT2D eigenvalue weighted by molar-refractivity contribution is 0.492. The molecule has 5 heteroatoms. The third kappa shape index (κ3) is 1.77. The third-order valence-corrected chi connectivity index (χ3v) is 2.46. The maximum absolute atomic E-state index is 11.6. The zero-order chi connectivity index (χ0) is 11.0. The fraction of sp³-hybridized carbons (Fsp3) is 0.400. The van der Waals surface area contributed by atoms with Gasteiger partial charge in [-0.25, -0.2) is 4.68 Å². The van der Waals surface area contributed by atoms with Crippen molar-refractivity contribution in [2.45, 2.75) is 20.4 Å². The van der Waals surface area contributed by atoms with Gasteiger partial charge in [0.2, 0.25) is 5.43 Å². The molecule has 4 nitrogen and oxygen atoms in total. The lowest BCUT2D eigenvalue weighted by Gasteiger charge is -2.05. The minimum absolute atomic E-state index is 0.166. The van der Waals surface area contributed by atoms with Crippen molar-refractivity contribution in [2.75, 3.05) is 0 Å². The molecule has 0 aromatic carbocycles. The Morgan fingerprint density at radius 1 is 1.60 bits per heavy atom. The van der Waals surface area contributed by atoms with Gasteiger partial charge in [-0.15, -0.1) is 0 Å². The Hall–Kier alpha value is -1.29. The fourth-order valence-electron chi connectivity index (χ4n) is 1.51. The van der Waals surface area contributed by atoms with E-state index in [0.29, 0.717) is 11.3 Å². The second kappa shape index (κ2) is 3.70. The molecule has 0 atom stereocenters. The van der Waals surface area contributed by atoms with Gasteiger partial charge in [-0.2, -0.15) is 5.10 Å². The van der Waals surface area contributed by atoms with Crippen molar-refractivity contribution in [3.8, 4) is 0 Å². The summed E-state index contributed by atoms with van der Waals surface area (Å²) < 4.78 is 1.79. The van der Waals surface area contributed by atoms with Gasteiger partial charge in [0.25, 0.3) is 0 Å². The van der Waals surface area contributed by atoms with Crippen LogP contribution in [0.1, 0.15) is 13.8 Å². The van der Waals surface area contributed by atoms with E-state index in [9.17, 15) is 4.79 Å². The van der Waals surface area contributed by atoms with Gasteiger partial charge in [0, 0.05) is 12.7 Å². The Kier molecular flexibility index (Phi) is 2.52. The minimum atomic E-state index is -0.166. The average Bonchev–Trinajstić information content (AvgIpc) is 2.55. The van der Waals surface area contributed by atoms with Crippen molar-refractivity contribution in [3.05, 3.63) is 27.6 Å². The van der Waals surface area contributed by atoms with E-state index in [1.807, 2.05) is 0 Å². The molecule has 0 saturated heterocycles. The fourth-order valence-corrected chi connectivity index (χ4v) is 1.67. The zero-order valence-corrected chi connectivity index (χ0v) is 9.38. The first-order valence-corrected chi connectivity index (χ1v) is 5.20. The highest BCUT2D eigenvalue weighted by Gasteiger charge is 2.09. The molecular formula is C10H12ClN3O. The van der Waals surface area contributed by atoms with Gasteiger partial charge in [0.15, 0.2) is 0 Å². The molecule has 0 aliphatic rings. The molecule has 2 heterocycles. The highest BCUT2D eigenvalue weighted by atomic mass is 35.5. The van der Waals surface area contributed by atoms with E-state index >= 15 is 0 Å². The molecule has 0 spiro atoms. The predicted octanol–water partition coefficient (Wildman–Crippen LogP) is 2.03. The summed E-state index contributed by atoms with van der Waals surface area (Å²) in [6, 6.07) is 0. The van der Waals surface area contributed by atoms with Crippen LogP contribution in [0.15, 0.2) is 17.2 Å². The summed E-state index contributed by atoms with van der Waals surface area (Å²) >= 11 is 5.72. The molecule has 1 N–H and O–H groups in total. The molecular weight excluding hydrogens is 214 g/mol. The number of nitrogens with zero attached hydrogens (tertiary/aromatic N) is 2. The van der Waals surface area contributed by atoms with E-state index in [1.165, 1.54) is 6.20 Å². The third-order valence-electron chi connectivity index (χ3n) is 2.17. The van der Waals surface area contributed by atoms with Crippen molar-refractivity contribution < 1.29 is 0 Å². The molecule has 2 rings (SSSR count). The molecule has 15 heavy (non-hydrogen) atoms. The van der Waals surface area contributed by atoms with Crippen molar-refractivity contribution >= 4 is 22.6 Å². The van der Waals surface area contributed by atoms with Crippen LogP contribution < -0.4 is 5.43 Å². The number of nitrogens with one attached hydrogen (secondary N) is 1. The Labute approximate surface area is 91.9 Å². The summed E-state index contributed by atoms with van der Waals surface area (Å²) in [6.45, 7) is 4.98. The molecule has 2 aromatic rings. The van der Waals surface area contributed by atoms with Crippen LogP contribution in [0.5, 0.6) is 0 Å². The van der Waals surface area contributed by atoms with Crippen LogP contribution >= 0.6 is 11.6 Å². The Balaban J connectivity index is 2.62. The lowest BCUT2D eigenvalue weighted by atomic mass is 10.2. The summed E-state index contributed by atoms with van der Waals surface area (Å²) in [5.41, 5.74) is 0.568. The topological polar surface area (TPSA) is 50.7 Å². The Morgan fingerprint density at radius 2 is 2.33 bits per heavy atom. The van der Waals surface area contributed by atoms with Gasteiger partial charge < -0.3 is 4.98 Å². The predicted molar refractivity (Wildman–Crippen MR) is 60.2 cm³/mol. The normalized spacial score (nSPS) is 11.5. The highest BCUT2D eigenvalue weighted by Crippen LogP contribution is 2.11. The van der Waals surface area contributed by atoms with Crippen LogP contribution in [0.25, 0.3) is 11.0 Å². The number of hydrogen-bond acceptors (Lipinski definition) is 2. The number of aromatic amines is 1. The number of aromatic nitrogens is 3. The van der Waals surface area contributed by atoms with E-state index in [-0.39, 0.29) is 10.5 Å². The number of fused-ring (bicyclic) bond motifs is 1. The van der Waals surface area contributed by atoms with E-state index < -0.39 is 0 Å². The molecule has 0 unspecified atom stereocenters. The summed E-state index contributed by atoms with van der Waals surface area (Å²) in [7, 11) is 0. The maximum atomic E-state index is 11.6. The number of pyridine rings is 1. The van der Waals surface area contributed by atoms with Crippen LogP contribution in [-0.4, -0.2) is 14.8 Å². The molecule has 0 bridgehead atoms. The van der Waals surface area contributed by atoms with Crippen LogP contribution in [0.3, 0.4) is 0 Å². The number of hydrogen-bond donors (Lipinski definition) is 1. The van der Waals surface area contributed by atoms with Crippen molar-refractivity contribution in [2.24, 2.45) is 5.92 Å². The van der Waals surface area contributed by atoms with E-state index in [4.69, 9.17) is 11.6 Å². The van der Waals surface area contributed by atoms with Crippen LogP contribution in [0.4, 0.5) is 0 Å². The number of rotatable bonds is 2. The molecule has 0 radical (unpaired) electrons. The molecule has 80 valence electrons. The van der Waals surface area contributed by atoms with Gasteiger partial charge in [-0.1, -0.05) is 25.4 Å². The second-order valence-electron chi connectivity index (χ2n) is 3.95. The van der Waals surface area contributed by atoms with Crippen LogP contribution in [0.2, 0.25) is 5.02 Å². The highest BCUT2D eigenvalue weighted by molar-refractivity contribution is 6.30. The van der Waals surface area contributed by atoms with Gasteiger partial charge in [0.1, 0.15) is 10.7 Å².